The van der Waals surface area contributed by atoms with E-state index in [1.54, 1.807) is 24.3 Å². The van der Waals surface area contributed by atoms with E-state index in [4.69, 9.17) is 18.9 Å². The minimum Gasteiger partial charge on any atom is -0.497 e. The summed E-state index contributed by atoms with van der Waals surface area (Å²) in [6.07, 6.45) is 0. The van der Waals surface area contributed by atoms with Crippen molar-refractivity contribution >= 4 is 28.7 Å². The van der Waals surface area contributed by atoms with Crippen molar-refractivity contribution in [3.63, 3.8) is 0 Å². The van der Waals surface area contributed by atoms with E-state index in [-0.39, 0.29) is 18.5 Å². The molecule has 0 bridgehead atoms. The number of carbonyl (C=O) groups excluding carboxylic acids is 2. The van der Waals surface area contributed by atoms with Gasteiger partial charge in [-0.05, 0) is 29.8 Å². The van der Waals surface area contributed by atoms with E-state index >= 15 is 0 Å². The molecule has 2 heterocycles. The van der Waals surface area contributed by atoms with Crippen molar-refractivity contribution in [3.05, 3.63) is 47.5 Å². The van der Waals surface area contributed by atoms with Crippen LogP contribution in [0.4, 0.5) is 0 Å². The third kappa shape index (κ3) is 3.99. The number of benzene rings is 2. The first-order valence-electron chi connectivity index (χ1n) is 9.01. The zero-order chi connectivity index (χ0) is 21.1. The van der Waals surface area contributed by atoms with Crippen LogP contribution in [0.25, 0.3) is 0 Å². The molecule has 0 aromatic heterocycles. The minimum absolute atomic E-state index is 0.0901. The maximum atomic E-state index is 12.6. The van der Waals surface area contributed by atoms with Crippen LogP contribution >= 0.6 is 11.8 Å². The number of ether oxygens (including phenoxy) is 4. The fraction of sp³-hybridized carbons (Fsp3) is 0.250. The summed E-state index contributed by atoms with van der Waals surface area (Å²) >= 11 is 1.26. The SMILES string of the molecule is COc1ccc(C(=O)N/N=C2/SCC(=O)N2Cc2ccc3c(c2)OCO3)c(OC)c1. The highest BCUT2D eigenvalue weighted by Gasteiger charge is 2.29. The third-order valence-electron chi connectivity index (χ3n) is 4.54. The van der Waals surface area contributed by atoms with Crippen LogP contribution in [-0.4, -0.2) is 48.6 Å². The molecule has 1 fully saturated rings. The Balaban J connectivity index is 1.48. The second kappa shape index (κ2) is 8.54. The van der Waals surface area contributed by atoms with Crippen LogP contribution in [0, 0.1) is 0 Å². The van der Waals surface area contributed by atoms with Crippen molar-refractivity contribution < 1.29 is 28.5 Å². The number of methoxy groups -OCH3 is 2. The molecule has 10 heteroatoms. The van der Waals surface area contributed by atoms with Gasteiger partial charge < -0.3 is 18.9 Å². The molecule has 0 spiro atoms. The van der Waals surface area contributed by atoms with Crippen LogP contribution < -0.4 is 24.4 Å². The number of nitrogens with zero attached hydrogens (tertiary/aromatic N) is 2. The number of fused-ring (bicyclic) bond motifs is 1. The van der Waals surface area contributed by atoms with Gasteiger partial charge in [0, 0.05) is 6.07 Å². The first kappa shape index (κ1) is 19.9. The summed E-state index contributed by atoms with van der Waals surface area (Å²) in [5.74, 6) is 1.96. The van der Waals surface area contributed by atoms with Crippen LogP contribution in [0.5, 0.6) is 23.0 Å². The molecule has 156 valence electrons. The molecule has 2 aromatic rings. The van der Waals surface area contributed by atoms with E-state index in [9.17, 15) is 9.59 Å². The number of amidine groups is 1. The number of carbonyl (C=O) groups is 2. The average Bonchev–Trinajstić information content (AvgIpc) is 3.38. The smallest absolute Gasteiger partial charge is 0.275 e. The molecule has 1 saturated heterocycles. The standard InChI is InChI=1S/C20H19N3O6S/c1-26-13-4-5-14(16(8-13)27-2)19(25)21-22-20-23(18(24)10-30-20)9-12-3-6-15-17(7-12)29-11-28-15/h3-8H,9-11H2,1-2H3,(H,21,25)/b22-20+. The molecule has 4 rings (SSSR count). The van der Waals surface area contributed by atoms with E-state index in [1.807, 2.05) is 12.1 Å². The Morgan fingerprint density at radius 3 is 2.80 bits per heavy atom. The topological polar surface area (TPSA) is 98.7 Å². The lowest BCUT2D eigenvalue weighted by Crippen LogP contribution is -2.31. The molecule has 2 aromatic carbocycles. The fourth-order valence-corrected chi connectivity index (χ4v) is 3.84. The van der Waals surface area contributed by atoms with Gasteiger partial charge in [-0.3, -0.25) is 14.5 Å². The first-order valence-corrected chi connectivity index (χ1v) is 9.99. The van der Waals surface area contributed by atoms with Crippen molar-refractivity contribution in [2.45, 2.75) is 6.54 Å². The molecule has 9 nitrogen and oxygen atoms in total. The predicted octanol–water partition coefficient (Wildman–Crippen LogP) is 2.21. The van der Waals surface area contributed by atoms with Gasteiger partial charge in [0.1, 0.15) is 11.5 Å². The zero-order valence-electron chi connectivity index (χ0n) is 16.3. The van der Waals surface area contributed by atoms with Gasteiger partial charge in [-0.15, -0.1) is 5.10 Å². The molecule has 2 amide bonds. The van der Waals surface area contributed by atoms with Crippen LogP contribution in [0.15, 0.2) is 41.5 Å². The highest BCUT2D eigenvalue weighted by molar-refractivity contribution is 8.15. The number of rotatable bonds is 6. The largest absolute Gasteiger partial charge is 0.497 e. The van der Waals surface area contributed by atoms with Crippen molar-refractivity contribution in [2.24, 2.45) is 5.10 Å². The fourth-order valence-electron chi connectivity index (χ4n) is 3.00. The maximum absolute atomic E-state index is 12.6. The van der Waals surface area contributed by atoms with Crippen LogP contribution in [0.3, 0.4) is 0 Å². The summed E-state index contributed by atoms with van der Waals surface area (Å²) in [6.45, 7) is 0.494. The molecule has 1 N–H and O–H groups in total. The second-order valence-corrected chi connectivity index (χ2v) is 7.30. The molecule has 30 heavy (non-hydrogen) atoms. The number of hydrogen-bond donors (Lipinski definition) is 1. The Kier molecular flexibility index (Phi) is 5.66. The van der Waals surface area contributed by atoms with Gasteiger partial charge in [0.15, 0.2) is 16.7 Å². The second-order valence-electron chi connectivity index (χ2n) is 6.36. The Labute approximate surface area is 176 Å². The van der Waals surface area contributed by atoms with E-state index in [2.05, 4.69) is 10.5 Å². The Morgan fingerprint density at radius 2 is 2.00 bits per heavy atom. The number of hydrazone groups is 1. The number of thioether (sulfide) groups is 1. The number of hydrogen-bond acceptors (Lipinski definition) is 8. The lowest BCUT2D eigenvalue weighted by molar-refractivity contribution is -0.124. The zero-order valence-corrected chi connectivity index (χ0v) is 17.2. The summed E-state index contributed by atoms with van der Waals surface area (Å²) in [6, 6.07) is 10.4. The predicted molar refractivity (Wildman–Crippen MR) is 110 cm³/mol. The molecular formula is C20H19N3O6S. The first-order chi connectivity index (χ1) is 14.6. The monoisotopic (exact) mass is 429 g/mol. The van der Waals surface area contributed by atoms with Crippen molar-refractivity contribution in [1.82, 2.24) is 10.3 Å². The van der Waals surface area contributed by atoms with E-state index < -0.39 is 5.91 Å². The highest BCUT2D eigenvalue weighted by atomic mass is 32.2. The summed E-state index contributed by atoms with van der Waals surface area (Å²) in [7, 11) is 3.00. The third-order valence-corrected chi connectivity index (χ3v) is 5.50. The molecule has 0 aliphatic carbocycles. The van der Waals surface area contributed by atoms with Gasteiger partial charge >= 0.3 is 0 Å². The maximum Gasteiger partial charge on any atom is 0.275 e. The van der Waals surface area contributed by atoms with Crippen molar-refractivity contribution in [3.8, 4) is 23.0 Å². The van der Waals surface area contributed by atoms with Gasteiger partial charge in [-0.2, -0.15) is 0 Å². The van der Waals surface area contributed by atoms with Gasteiger partial charge in [-0.1, -0.05) is 17.8 Å². The van der Waals surface area contributed by atoms with Crippen LogP contribution in [0.1, 0.15) is 15.9 Å². The number of amides is 2. The summed E-state index contributed by atoms with van der Waals surface area (Å²) in [5, 5.41) is 4.58. The van der Waals surface area contributed by atoms with Crippen molar-refractivity contribution in [2.75, 3.05) is 26.8 Å². The van der Waals surface area contributed by atoms with E-state index in [0.717, 1.165) is 5.56 Å². The van der Waals surface area contributed by atoms with E-state index in [1.165, 1.54) is 30.9 Å². The molecular weight excluding hydrogens is 410 g/mol. The average molecular weight is 429 g/mol. The lowest BCUT2D eigenvalue weighted by atomic mass is 10.2. The van der Waals surface area contributed by atoms with Gasteiger partial charge in [0.2, 0.25) is 12.7 Å². The van der Waals surface area contributed by atoms with Gasteiger partial charge in [0.05, 0.1) is 32.1 Å². The van der Waals surface area contributed by atoms with E-state index in [0.29, 0.717) is 40.3 Å². The Hall–Kier alpha value is -3.40. The van der Waals surface area contributed by atoms with Gasteiger partial charge in [-0.25, -0.2) is 5.43 Å². The summed E-state index contributed by atoms with van der Waals surface area (Å²) in [5.41, 5.74) is 3.67. The highest BCUT2D eigenvalue weighted by Crippen LogP contribution is 2.33. The van der Waals surface area contributed by atoms with Gasteiger partial charge in [0.25, 0.3) is 5.91 Å². The lowest BCUT2D eigenvalue weighted by Gasteiger charge is -2.16. The summed E-state index contributed by atoms with van der Waals surface area (Å²) in [4.78, 5) is 26.4. The Morgan fingerprint density at radius 1 is 1.17 bits per heavy atom. The minimum atomic E-state index is -0.454. The normalized spacial score (nSPS) is 16.1. The molecule has 0 atom stereocenters. The molecule has 2 aliphatic rings. The quantitative estimate of drug-likeness (QED) is 0.703. The molecule has 0 saturated carbocycles. The molecule has 0 radical (unpaired) electrons. The van der Waals surface area contributed by atoms with Crippen LogP contribution in [0.2, 0.25) is 0 Å². The van der Waals surface area contributed by atoms with Crippen LogP contribution in [-0.2, 0) is 11.3 Å². The number of nitrogens with one attached hydrogen (secondary N) is 1. The van der Waals surface area contributed by atoms with Crippen molar-refractivity contribution in [1.29, 1.82) is 0 Å². The molecule has 0 unspecified atom stereocenters. The Bertz CT molecular complexity index is 1030. The molecule has 2 aliphatic heterocycles. The summed E-state index contributed by atoms with van der Waals surface area (Å²) < 4.78 is 21.1.